The maximum Gasteiger partial charge on any atom is 0.119 e. The Hall–Kier alpha value is -2.42. The van der Waals surface area contributed by atoms with E-state index in [1.54, 1.807) is 7.11 Å². The van der Waals surface area contributed by atoms with Crippen LogP contribution in [-0.4, -0.2) is 18.3 Å². The van der Waals surface area contributed by atoms with Crippen molar-refractivity contribution in [3.63, 3.8) is 0 Å². The molecule has 102 valence electrons. The number of aromatic nitrogens is 1. The average Bonchev–Trinajstić information content (AvgIpc) is 2.92. The molecule has 0 saturated carbocycles. The number of ether oxygens (including phenoxy) is 2. The van der Waals surface area contributed by atoms with E-state index in [1.807, 2.05) is 24.3 Å². The lowest BCUT2D eigenvalue weighted by Gasteiger charge is -2.09. The van der Waals surface area contributed by atoms with Crippen LogP contribution in [0.25, 0.3) is 10.9 Å². The summed E-state index contributed by atoms with van der Waals surface area (Å²) < 4.78 is 13.1. The van der Waals surface area contributed by atoms with E-state index in [0.717, 1.165) is 18.0 Å². The molecule has 0 aliphatic heterocycles. The zero-order chi connectivity index (χ0) is 13.8. The van der Waals surface area contributed by atoms with Crippen LogP contribution in [0.1, 0.15) is 0 Å². The van der Waals surface area contributed by atoms with Gasteiger partial charge in [0.1, 0.15) is 18.1 Å². The summed E-state index contributed by atoms with van der Waals surface area (Å²) in [6.07, 6.45) is 2.10. The molecule has 0 unspecified atom stereocenters. The van der Waals surface area contributed by atoms with Gasteiger partial charge in [-0.3, -0.25) is 0 Å². The molecule has 3 nitrogen and oxygen atoms in total. The molecule has 0 fully saturated rings. The summed E-state index contributed by atoms with van der Waals surface area (Å²) in [4.78, 5) is 0. The van der Waals surface area contributed by atoms with E-state index in [1.165, 1.54) is 10.9 Å². The van der Waals surface area contributed by atoms with Gasteiger partial charge in [-0.2, -0.15) is 0 Å². The van der Waals surface area contributed by atoms with Gasteiger partial charge in [-0.05, 0) is 41.8 Å². The second kappa shape index (κ2) is 5.70. The molecule has 20 heavy (non-hydrogen) atoms. The summed E-state index contributed by atoms with van der Waals surface area (Å²) in [7, 11) is 1.66. The third kappa shape index (κ3) is 2.62. The van der Waals surface area contributed by atoms with E-state index in [2.05, 4.69) is 41.1 Å². The Morgan fingerprint density at radius 2 is 1.65 bits per heavy atom. The molecule has 0 saturated heterocycles. The van der Waals surface area contributed by atoms with Crippen LogP contribution >= 0.6 is 0 Å². The lowest BCUT2D eigenvalue weighted by atomic mass is 10.2. The molecule has 3 heteroatoms. The molecule has 3 rings (SSSR count). The number of para-hydroxylation sites is 1. The molecule has 1 heterocycles. The van der Waals surface area contributed by atoms with Gasteiger partial charge in [0.05, 0.1) is 13.7 Å². The number of methoxy groups -OCH3 is 1. The minimum absolute atomic E-state index is 0.644. The number of fused-ring (bicyclic) bond motifs is 1. The Kier molecular flexibility index (Phi) is 3.59. The lowest BCUT2D eigenvalue weighted by molar-refractivity contribution is 0.300. The fraction of sp³-hybridized carbons (Fsp3) is 0.176. The zero-order valence-corrected chi connectivity index (χ0v) is 11.5. The van der Waals surface area contributed by atoms with Crippen LogP contribution < -0.4 is 9.47 Å². The molecular weight excluding hydrogens is 250 g/mol. The first-order chi connectivity index (χ1) is 9.86. The number of benzene rings is 2. The fourth-order valence-corrected chi connectivity index (χ4v) is 2.27. The number of nitrogens with zero attached hydrogens (tertiary/aromatic N) is 1. The van der Waals surface area contributed by atoms with Gasteiger partial charge in [-0.15, -0.1) is 0 Å². The first-order valence-electron chi connectivity index (χ1n) is 6.67. The van der Waals surface area contributed by atoms with Crippen molar-refractivity contribution in [3.05, 3.63) is 60.8 Å². The summed E-state index contributed by atoms with van der Waals surface area (Å²) in [5, 5.41) is 1.26. The van der Waals surface area contributed by atoms with Crippen molar-refractivity contribution in [2.45, 2.75) is 6.54 Å². The van der Waals surface area contributed by atoms with Gasteiger partial charge in [0, 0.05) is 11.7 Å². The zero-order valence-electron chi connectivity index (χ0n) is 11.5. The van der Waals surface area contributed by atoms with E-state index in [9.17, 15) is 0 Å². The van der Waals surface area contributed by atoms with Crippen molar-refractivity contribution in [1.82, 2.24) is 4.57 Å². The Bertz CT molecular complexity index is 686. The van der Waals surface area contributed by atoms with E-state index < -0.39 is 0 Å². The maximum atomic E-state index is 5.75. The van der Waals surface area contributed by atoms with Gasteiger partial charge in [-0.1, -0.05) is 18.2 Å². The smallest absolute Gasteiger partial charge is 0.119 e. The molecule has 0 bridgehead atoms. The summed E-state index contributed by atoms with van der Waals surface area (Å²) >= 11 is 0. The van der Waals surface area contributed by atoms with Gasteiger partial charge >= 0.3 is 0 Å². The van der Waals surface area contributed by atoms with Crippen LogP contribution in [0, 0.1) is 0 Å². The second-order valence-electron chi connectivity index (χ2n) is 4.59. The van der Waals surface area contributed by atoms with Crippen molar-refractivity contribution in [3.8, 4) is 11.5 Å². The first-order valence-corrected chi connectivity index (χ1v) is 6.67. The van der Waals surface area contributed by atoms with Crippen LogP contribution in [0.5, 0.6) is 11.5 Å². The molecule has 0 N–H and O–H groups in total. The highest BCUT2D eigenvalue weighted by molar-refractivity contribution is 5.79. The maximum absolute atomic E-state index is 5.75. The molecule has 0 amide bonds. The predicted molar refractivity (Wildman–Crippen MR) is 80.4 cm³/mol. The third-order valence-electron chi connectivity index (χ3n) is 3.34. The molecule has 0 aliphatic rings. The van der Waals surface area contributed by atoms with Crippen molar-refractivity contribution in [2.75, 3.05) is 13.7 Å². The topological polar surface area (TPSA) is 23.4 Å². The molecule has 2 aromatic carbocycles. The molecule has 0 atom stereocenters. The lowest BCUT2D eigenvalue weighted by Crippen LogP contribution is -2.07. The van der Waals surface area contributed by atoms with E-state index in [-0.39, 0.29) is 0 Å². The molecule has 3 aromatic rings. The Morgan fingerprint density at radius 3 is 2.45 bits per heavy atom. The van der Waals surface area contributed by atoms with Crippen LogP contribution in [0.15, 0.2) is 60.8 Å². The first kappa shape index (κ1) is 12.6. The third-order valence-corrected chi connectivity index (χ3v) is 3.34. The summed E-state index contributed by atoms with van der Waals surface area (Å²) in [5.74, 6) is 1.70. The highest BCUT2D eigenvalue weighted by Gasteiger charge is 2.00. The second-order valence-corrected chi connectivity index (χ2v) is 4.59. The average molecular weight is 267 g/mol. The van der Waals surface area contributed by atoms with Crippen molar-refractivity contribution >= 4 is 10.9 Å². The molecule has 0 spiro atoms. The van der Waals surface area contributed by atoms with Gasteiger partial charge in [-0.25, -0.2) is 0 Å². The Balaban J connectivity index is 1.62. The molecule has 0 radical (unpaired) electrons. The predicted octanol–water partition coefficient (Wildman–Crippen LogP) is 3.73. The van der Waals surface area contributed by atoms with Gasteiger partial charge in [0.2, 0.25) is 0 Å². The van der Waals surface area contributed by atoms with Gasteiger partial charge in [0.25, 0.3) is 0 Å². The molecule has 1 aromatic heterocycles. The SMILES string of the molecule is COc1ccc(OCCn2ccc3ccccc32)cc1. The largest absolute Gasteiger partial charge is 0.497 e. The fourth-order valence-electron chi connectivity index (χ4n) is 2.27. The minimum atomic E-state index is 0.644. The molecule has 0 aliphatic carbocycles. The van der Waals surface area contributed by atoms with Crippen LogP contribution in [0.3, 0.4) is 0 Å². The van der Waals surface area contributed by atoms with Gasteiger partial charge < -0.3 is 14.0 Å². The number of hydrogen-bond acceptors (Lipinski definition) is 2. The van der Waals surface area contributed by atoms with Gasteiger partial charge in [0.15, 0.2) is 0 Å². The van der Waals surface area contributed by atoms with E-state index >= 15 is 0 Å². The molecular formula is C17H17NO2. The van der Waals surface area contributed by atoms with E-state index in [0.29, 0.717) is 6.61 Å². The van der Waals surface area contributed by atoms with E-state index in [4.69, 9.17) is 9.47 Å². The monoisotopic (exact) mass is 267 g/mol. The highest BCUT2D eigenvalue weighted by atomic mass is 16.5. The van der Waals surface area contributed by atoms with Crippen LogP contribution in [-0.2, 0) is 6.54 Å². The summed E-state index contributed by atoms with van der Waals surface area (Å²) in [5.41, 5.74) is 1.24. The Morgan fingerprint density at radius 1 is 0.900 bits per heavy atom. The van der Waals surface area contributed by atoms with Crippen LogP contribution in [0.4, 0.5) is 0 Å². The van der Waals surface area contributed by atoms with Crippen LogP contribution in [0.2, 0.25) is 0 Å². The summed E-state index contributed by atoms with van der Waals surface area (Å²) in [6.45, 7) is 1.48. The summed E-state index contributed by atoms with van der Waals surface area (Å²) in [6, 6.07) is 18.1. The van der Waals surface area contributed by atoms with Crippen molar-refractivity contribution in [2.24, 2.45) is 0 Å². The minimum Gasteiger partial charge on any atom is -0.497 e. The Labute approximate surface area is 118 Å². The quantitative estimate of drug-likeness (QED) is 0.703. The number of hydrogen-bond donors (Lipinski definition) is 0. The van der Waals surface area contributed by atoms with Crippen molar-refractivity contribution in [1.29, 1.82) is 0 Å². The normalized spacial score (nSPS) is 10.7. The standard InChI is InChI=1S/C17H17NO2/c1-19-15-6-8-16(9-7-15)20-13-12-18-11-10-14-4-2-3-5-17(14)18/h2-11H,12-13H2,1H3. The number of rotatable bonds is 5. The highest BCUT2D eigenvalue weighted by Crippen LogP contribution is 2.18. The van der Waals surface area contributed by atoms with Crippen molar-refractivity contribution < 1.29 is 9.47 Å².